The summed E-state index contributed by atoms with van der Waals surface area (Å²) in [5, 5.41) is 11.5. The molecular weight excluding hydrogens is 430 g/mol. The van der Waals surface area contributed by atoms with Crippen LogP contribution in [0.1, 0.15) is 53.4 Å². The van der Waals surface area contributed by atoms with Gasteiger partial charge in [-0.05, 0) is 64.8 Å². The molecule has 0 saturated carbocycles. The topological polar surface area (TPSA) is 125 Å². The third-order valence-corrected chi connectivity index (χ3v) is 5.17. The summed E-state index contributed by atoms with van der Waals surface area (Å²) in [7, 11) is 0. The Morgan fingerprint density at radius 2 is 1.62 bits per heavy atom. The third-order valence-electron chi connectivity index (χ3n) is 5.17. The highest BCUT2D eigenvalue weighted by atomic mass is 16.2. The lowest BCUT2D eigenvalue weighted by Crippen LogP contribution is -2.56. The van der Waals surface area contributed by atoms with Crippen molar-refractivity contribution in [1.29, 1.82) is 0 Å². The Morgan fingerprint density at radius 1 is 0.971 bits per heavy atom. The van der Waals surface area contributed by atoms with Crippen molar-refractivity contribution in [3.63, 3.8) is 0 Å². The molecule has 0 radical (unpaired) electrons. The molecule has 8 heteroatoms. The molecular formula is C26H37N5O3. The van der Waals surface area contributed by atoms with Crippen LogP contribution in [0, 0.1) is 20.8 Å². The highest BCUT2D eigenvalue weighted by Gasteiger charge is 2.24. The fourth-order valence-electron chi connectivity index (χ4n) is 3.43. The summed E-state index contributed by atoms with van der Waals surface area (Å²) in [5.41, 5.74) is 10.4. The highest BCUT2D eigenvalue weighted by molar-refractivity contribution is 6.01. The molecule has 0 aliphatic heterocycles. The van der Waals surface area contributed by atoms with Crippen molar-refractivity contribution in [2.75, 3.05) is 18.8 Å². The van der Waals surface area contributed by atoms with Gasteiger partial charge in [0.05, 0.1) is 12.1 Å². The standard InChI is InChI=1S/C26H37N5O3/c1-16-7-9-19(18(3)11-16)13-28-14-22(25(34)31-26(4,5)6)30-23(32)15-29-24(33)20-12-17(2)8-10-21(20)27/h7-12,22,28H,13-15,27H2,1-6H3,(H,29,33)(H,30,32)(H,31,34). The number of hydrogen-bond acceptors (Lipinski definition) is 5. The average Bonchev–Trinajstić information content (AvgIpc) is 2.73. The molecule has 0 fully saturated rings. The lowest BCUT2D eigenvalue weighted by atomic mass is 10.1. The molecule has 3 amide bonds. The van der Waals surface area contributed by atoms with E-state index < -0.39 is 23.4 Å². The molecule has 6 N–H and O–H groups in total. The van der Waals surface area contributed by atoms with Crippen LogP contribution in [0.4, 0.5) is 5.69 Å². The summed E-state index contributed by atoms with van der Waals surface area (Å²) in [6.07, 6.45) is 0. The van der Waals surface area contributed by atoms with Crippen LogP contribution in [0.15, 0.2) is 36.4 Å². The smallest absolute Gasteiger partial charge is 0.253 e. The zero-order chi connectivity index (χ0) is 25.5. The minimum atomic E-state index is -0.807. The Hall–Kier alpha value is -3.39. The zero-order valence-corrected chi connectivity index (χ0v) is 21.0. The summed E-state index contributed by atoms with van der Waals surface area (Å²) in [6, 6.07) is 10.5. The van der Waals surface area contributed by atoms with Crippen LogP contribution in [0.5, 0.6) is 0 Å². The van der Waals surface area contributed by atoms with Crippen LogP contribution >= 0.6 is 0 Å². The number of nitrogens with two attached hydrogens (primary N) is 1. The van der Waals surface area contributed by atoms with E-state index in [9.17, 15) is 14.4 Å². The van der Waals surface area contributed by atoms with Gasteiger partial charge in [0.25, 0.3) is 5.91 Å². The molecule has 184 valence electrons. The first-order valence-corrected chi connectivity index (χ1v) is 11.4. The number of rotatable bonds is 9. The first kappa shape index (κ1) is 26.9. The molecule has 0 saturated heterocycles. The fourth-order valence-corrected chi connectivity index (χ4v) is 3.43. The lowest BCUT2D eigenvalue weighted by molar-refractivity contribution is -0.129. The minimum absolute atomic E-state index is 0.236. The molecule has 34 heavy (non-hydrogen) atoms. The second kappa shape index (κ2) is 11.7. The van der Waals surface area contributed by atoms with Gasteiger partial charge in [0.2, 0.25) is 11.8 Å². The number of carbonyl (C=O) groups is 3. The van der Waals surface area contributed by atoms with Gasteiger partial charge >= 0.3 is 0 Å². The van der Waals surface area contributed by atoms with Gasteiger partial charge in [0, 0.05) is 24.3 Å². The second-order valence-electron chi connectivity index (χ2n) is 9.69. The molecule has 0 bridgehead atoms. The lowest BCUT2D eigenvalue weighted by Gasteiger charge is -2.26. The fraction of sp³-hybridized carbons (Fsp3) is 0.423. The first-order chi connectivity index (χ1) is 15.9. The number of nitrogen functional groups attached to an aromatic ring is 1. The van der Waals surface area contributed by atoms with Crippen LogP contribution in [0.25, 0.3) is 0 Å². The summed E-state index contributed by atoms with van der Waals surface area (Å²) in [6.45, 7) is 12.1. The molecule has 0 heterocycles. The molecule has 0 aromatic heterocycles. The van der Waals surface area contributed by atoms with Crippen LogP contribution < -0.4 is 27.0 Å². The van der Waals surface area contributed by atoms with Crippen molar-refractivity contribution in [3.8, 4) is 0 Å². The summed E-state index contributed by atoms with van der Waals surface area (Å²) in [4.78, 5) is 37.8. The van der Waals surface area contributed by atoms with Crippen molar-refractivity contribution >= 4 is 23.4 Å². The van der Waals surface area contributed by atoms with E-state index in [2.05, 4.69) is 27.3 Å². The number of anilines is 1. The normalized spacial score (nSPS) is 12.1. The van der Waals surface area contributed by atoms with E-state index in [1.807, 2.05) is 59.7 Å². The molecule has 8 nitrogen and oxygen atoms in total. The summed E-state index contributed by atoms with van der Waals surface area (Å²) >= 11 is 0. The number of hydrogen-bond donors (Lipinski definition) is 5. The maximum absolute atomic E-state index is 12.8. The Labute approximate surface area is 202 Å². The van der Waals surface area contributed by atoms with E-state index in [1.165, 1.54) is 5.56 Å². The Bertz CT molecular complexity index is 1040. The van der Waals surface area contributed by atoms with Crippen molar-refractivity contribution in [2.45, 2.75) is 59.7 Å². The Balaban J connectivity index is 1.99. The van der Waals surface area contributed by atoms with Gasteiger partial charge in [0.1, 0.15) is 6.04 Å². The van der Waals surface area contributed by atoms with E-state index >= 15 is 0 Å². The van der Waals surface area contributed by atoms with Gasteiger partial charge in [0.15, 0.2) is 0 Å². The summed E-state index contributed by atoms with van der Waals surface area (Å²) in [5.74, 6) is -1.22. The van der Waals surface area contributed by atoms with Crippen molar-refractivity contribution in [1.82, 2.24) is 21.3 Å². The van der Waals surface area contributed by atoms with Gasteiger partial charge in [-0.25, -0.2) is 0 Å². The second-order valence-corrected chi connectivity index (χ2v) is 9.69. The molecule has 1 atom stereocenters. The van der Waals surface area contributed by atoms with E-state index in [0.29, 0.717) is 17.8 Å². The van der Waals surface area contributed by atoms with Crippen LogP contribution in [0.2, 0.25) is 0 Å². The maximum Gasteiger partial charge on any atom is 0.253 e. The highest BCUT2D eigenvalue weighted by Crippen LogP contribution is 2.13. The molecule has 2 aromatic carbocycles. The molecule has 2 rings (SSSR count). The monoisotopic (exact) mass is 467 g/mol. The van der Waals surface area contributed by atoms with Crippen molar-refractivity contribution < 1.29 is 14.4 Å². The van der Waals surface area contributed by atoms with E-state index in [-0.39, 0.29) is 19.0 Å². The van der Waals surface area contributed by atoms with Crippen molar-refractivity contribution in [3.05, 3.63) is 64.2 Å². The Morgan fingerprint density at radius 3 is 2.26 bits per heavy atom. The summed E-state index contributed by atoms with van der Waals surface area (Å²) < 4.78 is 0. The number of aryl methyl sites for hydroxylation is 3. The SMILES string of the molecule is Cc1ccc(CNCC(NC(=O)CNC(=O)c2cc(C)ccc2N)C(=O)NC(C)(C)C)c(C)c1. The number of carbonyl (C=O) groups excluding carboxylic acids is 3. The number of benzene rings is 2. The largest absolute Gasteiger partial charge is 0.398 e. The third kappa shape index (κ3) is 8.51. The van der Waals surface area contributed by atoms with Crippen LogP contribution in [-0.4, -0.2) is 42.4 Å². The predicted molar refractivity (Wildman–Crippen MR) is 135 cm³/mol. The average molecular weight is 468 g/mol. The van der Waals surface area contributed by atoms with E-state index in [1.54, 1.807) is 12.1 Å². The zero-order valence-electron chi connectivity index (χ0n) is 21.0. The van der Waals surface area contributed by atoms with Crippen LogP contribution in [0.3, 0.4) is 0 Å². The number of amides is 3. The quantitative estimate of drug-likeness (QED) is 0.361. The van der Waals surface area contributed by atoms with Crippen LogP contribution in [-0.2, 0) is 16.1 Å². The predicted octanol–water partition coefficient (Wildman–Crippen LogP) is 2.11. The minimum Gasteiger partial charge on any atom is -0.398 e. The number of nitrogens with one attached hydrogen (secondary N) is 4. The molecule has 0 spiro atoms. The van der Waals surface area contributed by atoms with Crippen molar-refractivity contribution in [2.24, 2.45) is 0 Å². The van der Waals surface area contributed by atoms with Gasteiger partial charge in [-0.1, -0.05) is 35.4 Å². The van der Waals surface area contributed by atoms with Gasteiger partial charge in [-0.2, -0.15) is 0 Å². The molecule has 2 aromatic rings. The molecule has 0 aliphatic carbocycles. The molecule has 1 unspecified atom stereocenters. The molecule has 0 aliphatic rings. The Kier molecular flexibility index (Phi) is 9.20. The van der Waals surface area contributed by atoms with Gasteiger partial charge in [-0.3, -0.25) is 14.4 Å². The van der Waals surface area contributed by atoms with Gasteiger partial charge < -0.3 is 27.0 Å². The van der Waals surface area contributed by atoms with E-state index in [0.717, 1.165) is 16.7 Å². The van der Waals surface area contributed by atoms with E-state index in [4.69, 9.17) is 5.73 Å². The maximum atomic E-state index is 12.8. The first-order valence-electron chi connectivity index (χ1n) is 11.4. The van der Waals surface area contributed by atoms with Gasteiger partial charge in [-0.15, -0.1) is 0 Å².